The minimum absolute atomic E-state index is 0.319. The Morgan fingerprint density at radius 3 is 2.48 bits per heavy atom. The van der Waals surface area contributed by atoms with E-state index in [1.165, 1.54) is 5.56 Å². The summed E-state index contributed by atoms with van der Waals surface area (Å²) < 4.78 is 5.44. The SMILES string of the molecule is CNC(Cc1cc(Cl)ccc1OC)C(C)c1ccccc1. The van der Waals surface area contributed by atoms with Gasteiger partial charge in [0.05, 0.1) is 7.11 Å². The van der Waals surface area contributed by atoms with Crippen molar-refractivity contribution in [1.29, 1.82) is 0 Å². The minimum atomic E-state index is 0.319. The maximum atomic E-state index is 6.12. The molecule has 2 aromatic carbocycles. The van der Waals surface area contributed by atoms with Crippen molar-refractivity contribution in [2.75, 3.05) is 14.2 Å². The molecule has 0 saturated heterocycles. The first-order chi connectivity index (χ1) is 10.2. The molecule has 0 aliphatic carbocycles. The zero-order chi connectivity index (χ0) is 15.2. The van der Waals surface area contributed by atoms with E-state index in [-0.39, 0.29) is 0 Å². The average Bonchev–Trinajstić information content (AvgIpc) is 2.53. The van der Waals surface area contributed by atoms with Crippen LogP contribution >= 0.6 is 11.6 Å². The van der Waals surface area contributed by atoms with E-state index in [9.17, 15) is 0 Å². The molecule has 0 aromatic heterocycles. The number of halogens is 1. The minimum Gasteiger partial charge on any atom is -0.496 e. The van der Waals surface area contributed by atoms with Crippen molar-refractivity contribution in [2.45, 2.75) is 25.3 Å². The Labute approximate surface area is 132 Å². The molecular weight excluding hydrogens is 282 g/mol. The number of methoxy groups -OCH3 is 1. The Morgan fingerprint density at radius 1 is 1.14 bits per heavy atom. The van der Waals surface area contributed by atoms with Crippen LogP contribution in [0.4, 0.5) is 0 Å². The fourth-order valence-corrected chi connectivity index (χ4v) is 2.86. The van der Waals surface area contributed by atoms with Crippen LogP contribution in [-0.4, -0.2) is 20.2 Å². The molecule has 0 aliphatic rings. The van der Waals surface area contributed by atoms with Crippen molar-refractivity contribution < 1.29 is 4.74 Å². The van der Waals surface area contributed by atoms with E-state index in [2.05, 4.69) is 36.5 Å². The van der Waals surface area contributed by atoms with Crippen LogP contribution in [-0.2, 0) is 6.42 Å². The molecule has 2 rings (SSSR count). The van der Waals surface area contributed by atoms with Crippen LogP contribution in [0.3, 0.4) is 0 Å². The van der Waals surface area contributed by atoms with E-state index in [4.69, 9.17) is 16.3 Å². The van der Waals surface area contributed by atoms with Gasteiger partial charge in [-0.15, -0.1) is 0 Å². The quantitative estimate of drug-likeness (QED) is 0.860. The van der Waals surface area contributed by atoms with Crippen LogP contribution in [0, 0.1) is 0 Å². The first-order valence-electron chi connectivity index (χ1n) is 7.20. The molecule has 1 N–H and O–H groups in total. The lowest BCUT2D eigenvalue weighted by Gasteiger charge is -2.25. The average molecular weight is 304 g/mol. The fourth-order valence-electron chi connectivity index (χ4n) is 2.66. The highest BCUT2D eigenvalue weighted by Crippen LogP contribution is 2.27. The summed E-state index contributed by atoms with van der Waals surface area (Å²) in [5, 5.41) is 4.16. The molecule has 2 nitrogen and oxygen atoms in total. The summed E-state index contributed by atoms with van der Waals surface area (Å²) >= 11 is 6.12. The molecule has 0 amide bonds. The molecule has 0 aliphatic heterocycles. The lowest BCUT2D eigenvalue weighted by atomic mass is 9.89. The van der Waals surface area contributed by atoms with Gasteiger partial charge >= 0.3 is 0 Å². The van der Waals surface area contributed by atoms with Crippen molar-refractivity contribution in [2.24, 2.45) is 0 Å². The van der Waals surface area contributed by atoms with Gasteiger partial charge < -0.3 is 10.1 Å². The second-order valence-corrected chi connectivity index (χ2v) is 5.69. The largest absolute Gasteiger partial charge is 0.496 e. The molecule has 0 fully saturated rings. The first kappa shape index (κ1) is 15.9. The molecule has 0 radical (unpaired) electrons. The predicted octanol–water partition coefficient (Wildman–Crippen LogP) is 4.28. The molecule has 21 heavy (non-hydrogen) atoms. The monoisotopic (exact) mass is 303 g/mol. The number of nitrogens with one attached hydrogen (secondary N) is 1. The lowest BCUT2D eigenvalue weighted by molar-refractivity contribution is 0.402. The van der Waals surface area contributed by atoms with Gasteiger partial charge in [0.1, 0.15) is 5.75 Å². The van der Waals surface area contributed by atoms with Crippen LogP contribution in [0.25, 0.3) is 0 Å². The highest BCUT2D eigenvalue weighted by molar-refractivity contribution is 6.30. The molecule has 2 unspecified atom stereocenters. The zero-order valence-electron chi connectivity index (χ0n) is 12.8. The molecule has 112 valence electrons. The summed E-state index contributed by atoms with van der Waals surface area (Å²) in [5.74, 6) is 1.29. The lowest BCUT2D eigenvalue weighted by Crippen LogP contribution is -2.33. The van der Waals surface area contributed by atoms with Gasteiger partial charge in [-0.3, -0.25) is 0 Å². The number of hydrogen-bond acceptors (Lipinski definition) is 2. The van der Waals surface area contributed by atoms with Gasteiger partial charge in [-0.25, -0.2) is 0 Å². The van der Waals surface area contributed by atoms with Gasteiger partial charge in [-0.05, 0) is 48.7 Å². The topological polar surface area (TPSA) is 21.3 Å². The third-order valence-corrected chi connectivity index (χ3v) is 4.22. The molecule has 0 spiro atoms. The molecule has 2 atom stereocenters. The normalized spacial score (nSPS) is 13.7. The molecule has 3 heteroatoms. The van der Waals surface area contributed by atoms with Crippen molar-refractivity contribution >= 4 is 11.6 Å². The zero-order valence-corrected chi connectivity index (χ0v) is 13.5. The molecule has 0 bridgehead atoms. The maximum absolute atomic E-state index is 6.12. The Bertz CT molecular complexity index is 571. The van der Waals surface area contributed by atoms with Crippen LogP contribution in [0.5, 0.6) is 5.75 Å². The third-order valence-electron chi connectivity index (χ3n) is 3.98. The number of hydrogen-bond donors (Lipinski definition) is 1. The number of ether oxygens (including phenoxy) is 1. The first-order valence-corrected chi connectivity index (χ1v) is 7.58. The van der Waals surface area contributed by atoms with E-state index < -0.39 is 0 Å². The summed E-state index contributed by atoms with van der Waals surface area (Å²) in [4.78, 5) is 0. The van der Waals surface area contributed by atoms with E-state index >= 15 is 0 Å². The van der Waals surface area contributed by atoms with Crippen LogP contribution in [0.15, 0.2) is 48.5 Å². The Hall–Kier alpha value is -1.51. The number of likely N-dealkylation sites (N-methyl/N-ethyl adjacent to an activating group) is 1. The second-order valence-electron chi connectivity index (χ2n) is 5.25. The summed E-state index contributed by atoms with van der Waals surface area (Å²) in [6, 6.07) is 16.6. The van der Waals surface area contributed by atoms with E-state index in [1.807, 2.05) is 31.3 Å². The van der Waals surface area contributed by atoms with E-state index in [1.54, 1.807) is 7.11 Å². The van der Waals surface area contributed by atoms with Crippen LogP contribution in [0.2, 0.25) is 5.02 Å². The Balaban J connectivity index is 2.21. The van der Waals surface area contributed by atoms with Crippen LogP contribution in [0.1, 0.15) is 24.0 Å². The van der Waals surface area contributed by atoms with Gasteiger partial charge in [0.2, 0.25) is 0 Å². The fraction of sp³-hybridized carbons (Fsp3) is 0.333. The Morgan fingerprint density at radius 2 is 1.86 bits per heavy atom. The second kappa shape index (κ2) is 7.48. The number of rotatable bonds is 6. The maximum Gasteiger partial charge on any atom is 0.122 e. The van der Waals surface area contributed by atoms with Gasteiger partial charge in [0, 0.05) is 11.1 Å². The highest BCUT2D eigenvalue weighted by atomic mass is 35.5. The van der Waals surface area contributed by atoms with Crippen LogP contribution < -0.4 is 10.1 Å². The molecular formula is C18H22ClNO. The van der Waals surface area contributed by atoms with Gasteiger partial charge in [-0.2, -0.15) is 0 Å². The van der Waals surface area contributed by atoms with Gasteiger partial charge in [0.15, 0.2) is 0 Å². The number of benzene rings is 2. The third kappa shape index (κ3) is 3.99. The molecule has 2 aromatic rings. The smallest absolute Gasteiger partial charge is 0.122 e. The summed E-state index contributed by atoms with van der Waals surface area (Å²) in [7, 11) is 3.70. The van der Waals surface area contributed by atoms with Gasteiger partial charge in [0.25, 0.3) is 0 Å². The highest BCUT2D eigenvalue weighted by Gasteiger charge is 2.19. The standard InChI is InChI=1S/C18H22ClNO/c1-13(14-7-5-4-6-8-14)17(20-2)12-15-11-16(19)9-10-18(15)21-3/h4-11,13,17,20H,12H2,1-3H3. The van der Waals surface area contributed by atoms with E-state index in [0.717, 1.165) is 22.8 Å². The molecule has 0 saturated carbocycles. The van der Waals surface area contributed by atoms with Crippen molar-refractivity contribution in [3.05, 3.63) is 64.7 Å². The van der Waals surface area contributed by atoms with Crippen molar-refractivity contribution in [3.8, 4) is 5.75 Å². The summed E-state index contributed by atoms with van der Waals surface area (Å²) in [6.07, 6.45) is 0.871. The summed E-state index contributed by atoms with van der Waals surface area (Å²) in [6.45, 7) is 2.24. The Kier molecular flexibility index (Phi) is 5.66. The van der Waals surface area contributed by atoms with E-state index in [0.29, 0.717) is 12.0 Å². The predicted molar refractivity (Wildman–Crippen MR) is 89.4 cm³/mol. The van der Waals surface area contributed by atoms with Gasteiger partial charge in [-0.1, -0.05) is 48.9 Å². The van der Waals surface area contributed by atoms with Crippen molar-refractivity contribution in [1.82, 2.24) is 5.32 Å². The molecule has 0 heterocycles. The summed E-state index contributed by atoms with van der Waals surface area (Å²) in [5.41, 5.74) is 2.46. The van der Waals surface area contributed by atoms with Crippen molar-refractivity contribution in [3.63, 3.8) is 0 Å².